The summed E-state index contributed by atoms with van der Waals surface area (Å²) in [5, 5.41) is 16.7. The maximum atomic E-state index is 15.2. The van der Waals surface area contributed by atoms with Crippen LogP contribution in [-0.2, 0) is 27.2 Å². The lowest BCUT2D eigenvalue weighted by molar-refractivity contribution is -0.125. The van der Waals surface area contributed by atoms with Crippen molar-refractivity contribution >= 4 is 33.4 Å². The van der Waals surface area contributed by atoms with Gasteiger partial charge in [0.2, 0.25) is 5.91 Å². The summed E-state index contributed by atoms with van der Waals surface area (Å²) in [4.78, 5) is 25.3. The fourth-order valence-electron chi connectivity index (χ4n) is 5.63. The number of nitrogens with one attached hydrogen (secondary N) is 2. The standard InChI is InChI=1S/C33H33F2N5O5S/c1-2-28(41)40-11-8-24(18-40)45-33(42)37-10-12-43-13-14-44-27-16-23(34)5-6-25(27)31-32-29(26(35)19-46-32)30(38-39-31)21-3-4-22-17-36-9-7-20(22)15-21/h2-6,15-16,19,24,36H,1,7-14,17-18H2,(H,37,42). The summed E-state index contributed by atoms with van der Waals surface area (Å²) in [5.41, 5.74) is 4.55. The number of nitrogens with zero attached hydrogens (tertiary/aromatic N) is 3. The molecule has 0 aliphatic carbocycles. The minimum absolute atomic E-state index is 0.0909. The quantitative estimate of drug-likeness (QED) is 0.175. The van der Waals surface area contributed by atoms with Crippen LogP contribution in [0.1, 0.15) is 17.5 Å². The number of aromatic nitrogens is 2. The van der Waals surface area contributed by atoms with Crippen molar-refractivity contribution in [3.05, 3.63) is 77.2 Å². The van der Waals surface area contributed by atoms with Gasteiger partial charge >= 0.3 is 6.09 Å². The Morgan fingerprint density at radius 1 is 1.11 bits per heavy atom. The molecule has 6 rings (SSSR count). The molecule has 1 unspecified atom stereocenters. The summed E-state index contributed by atoms with van der Waals surface area (Å²) in [6.07, 6.45) is 1.73. The van der Waals surface area contributed by atoms with Crippen LogP contribution >= 0.6 is 11.3 Å². The number of rotatable bonds is 11. The van der Waals surface area contributed by atoms with E-state index in [4.69, 9.17) is 14.2 Å². The number of ether oxygens (including phenoxy) is 3. The molecule has 2 aromatic heterocycles. The lowest BCUT2D eigenvalue weighted by Gasteiger charge is -2.18. The Kier molecular flexibility index (Phi) is 9.81. The lowest BCUT2D eigenvalue weighted by Crippen LogP contribution is -2.34. The van der Waals surface area contributed by atoms with E-state index in [9.17, 15) is 14.0 Å². The number of likely N-dealkylation sites (tertiary alicyclic amines) is 1. The third kappa shape index (κ3) is 7.01. The molecule has 4 heterocycles. The van der Waals surface area contributed by atoms with Crippen molar-refractivity contribution in [2.24, 2.45) is 0 Å². The third-order valence-electron chi connectivity index (χ3n) is 7.92. The van der Waals surface area contributed by atoms with Gasteiger partial charge in [-0.15, -0.1) is 21.5 Å². The molecule has 0 spiro atoms. The van der Waals surface area contributed by atoms with Gasteiger partial charge < -0.3 is 29.7 Å². The van der Waals surface area contributed by atoms with Gasteiger partial charge in [0.15, 0.2) is 0 Å². The molecule has 1 fully saturated rings. The molecule has 2 aliphatic heterocycles. The SMILES string of the molecule is C=CC(=O)N1CCC(OC(=O)NCCOCCOc2cc(F)ccc2-c2nnc(-c3ccc4c(c3)CCNC4)c3c(F)csc23)C1. The number of halogens is 2. The molecule has 0 saturated carbocycles. The average molecular weight is 650 g/mol. The van der Waals surface area contributed by atoms with Crippen molar-refractivity contribution in [1.29, 1.82) is 0 Å². The Balaban J connectivity index is 1.06. The normalized spacial score (nSPS) is 15.9. The molecule has 2 N–H and O–H groups in total. The van der Waals surface area contributed by atoms with E-state index in [1.165, 1.54) is 46.1 Å². The first-order valence-corrected chi connectivity index (χ1v) is 15.9. The summed E-state index contributed by atoms with van der Waals surface area (Å²) in [6.45, 7) is 6.65. The first-order valence-electron chi connectivity index (χ1n) is 15.0. The largest absolute Gasteiger partial charge is 0.490 e. The Hall–Kier alpha value is -4.46. The highest BCUT2D eigenvalue weighted by Crippen LogP contribution is 2.41. The minimum Gasteiger partial charge on any atom is -0.490 e. The number of hydrogen-bond donors (Lipinski definition) is 2. The van der Waals surface area contributed by atoms with Crippen LogP contribution in [0.25, 0.3) is 32.6 Å². The highest BCUT2D eigenvalue weighted by atomic mass is 32.1. The summed E-state index contributed by atoms with van der Waals surface area (Å²) in [5.74, 6) is -0.854. The minimum atomic E-state index is -0.588. The zero-order valence-corrected chi connectivity index (χ0v) is 25.8. The zero-order valence-electron chi connectivity index (χ0n) is 25.0. The Bertz CT molecular complexity index is 1770. The Morgan fingerprint density at radius 3 is 2.85 bits per heavy atom. The number of hydrogen-bond acceptors (Lipinski definition) is 9. The van der Waals surface area contributed by atoms with Gasteiger partial charge in [0, 0.05) is 48.6 Å². The van der Waals surface area contributed by atoms with Gasteiger partial charge in [0.05, 0.1) is 29.8 Å². The summed E-state index contributed by atoms with van der Waals surface area (Å²) in [7, 11) is 0. The zero-order chi connectivity index (χ0) is 32.0. The fourth-order valence-corrected chi connectivity index (χ4v) is 6.54. The van der Waals surface area contributed by atoms with Crippen LogP contribution in [0.15, 0.2) is 54.4 Å². The first kappa shape index (κ1) is 31.5. The van der Waals surface area contributed by atoms with Crippen molar-refractivity contribution in [3.63, 3.8) is 0 Å². The second-order valence-corrected chi connectivity index (χ2v) is 11.8. The lowest BCUT2D eigenvalue weighted by atomic mass is 9.96. The highest BCUT2D eigenvalue weighted by molar-refractivity contribution is 7.17. The monoisotopic (exact) mass is 649 g/mol. The van der Waals surface area contributed by atoms with E-state index in [2.05, 4.69) is 33.5 Å². The van der Waals surface area contributed by atoms with Crippen LogP contribution < -0.4 is 15.4 Å². The molecule has 2 aliphatic rings. The van der Waals surface area contributed by atoms with Gasteiger partial charge in [0.25, 0.3) is 0 Å². The molecule has 1 saturated heterocycles. The first-order chi connectivity index (χ1) is 22.4. The molecule has 0 radical (unpaired) electrons. The molecule has 1 atom stereocenters. The number of amides is 2. The van der Waals surface area contributed by atoms with Gasteiger partial charge in [-0.25, -0.2) is 13.6 Å². The van der Waals surface area contributed by atoms with Crippen molar-refractivity contribution < 1.29 is 32.6 Å². The molecule has 0 bridgehead atoms. The van der Waals surface area contributed by atoms with Crippen LogP contribution in [0.2, 0.25) is 0 Å². The topological polar surface area (TPSA) is 115 Å². The number of benzene rings is 2. The van der Waals surface area contributed by atoms with Crippen LogP contribution in [0.3, 0.4) is 0 Å². The van der Waals surface area contributed by atoms with Crippen molar-refractivity contribution in [2.75, 3.05) is 46.0 Å². The smallest absolute Gasteiger partial charge is 0.407 e. The molecule has 240 valence electrons. The van der Waals surface area contributed by atoms with E-state index in [0.29, 0.717) is 46.5 Å². The van der Waals surface area contributed by atoms with Gasteiger partial charge in [-0.2, -0.15) is 0 Å². The molecule has 2 aromatic carbocycles. The molecular formula is C33H33F2N5O5S. The number of alkyl carbamates (subject to hydrolysis) is 1. The van der Waals surface area contributed by atoms with Gasteiger partial charge in [0.1, 0.15) is 41.5 Å². The molecular weight excluding hydrogens is 616 g/mol. The summed E-state index contributed by atoms with van der Waals surface area (Å²) < 4.78 is 46.9. The van der Waals surface area contributed by atoms with Gasteiger partial charge in [-0.05, 0) is 48.4 Å². The predicted octanol–water partition coefficient (Wildman–Crippen LogP) is 4.86. The van der Waals surface area contributed by atoms with E-state index in [1.54, 1.807) is 11.0 Å². The molecule has 4 aromatic rings. The second-order valence-electron chi connectivity index (χ2n) is 10.9. The van der Waals surface area contributed by atoms with Crippen LogP contribution in [0, 0.1) is 11.6 Å². The number of carbonyl (C=O) groups is 2. The Labute approximate surface area is 268 Å². The molecule has 13 heteroatoms. The molecule has 46 heavy (non-hydrogen) atoms. The van der Waals surface area contributed by atoms with E-state index in [1.807, 2.05) is 12.1 Å². The van der Waals surface area contributed by atoms with Crippen LogP contribution in [0.4, 0.5) is 13.6 Å². The van der Waals surface area contributed by atoms with Crippen molar-refractivity contribution in [1.82, 2.24) is 25.7 Å². The van der Waals surface area contributed by atoms with Crippen LogP contribution in [-0.4, -0.2) is 79.2 Å². The fraction of sp³-hybridized carbons (Fsp3) is 0.333. The van der Waals surface area contributed by atoms with Crippen molar-refractivity contribution in [3.8, 4) is 28.3 Å². The maximum Gasteiger partial charge on any atom is 0.407 e. The van der Waals surface area contributed by atoms with E-state index in [-0.39, 0.29) is 44.1 Å². The number of carbonyl (C=O) groups excluding carboxylic acids is 2. The predicted molar refractivity (Wildman–Crippen MR) is 170 cm³/mol. The maximum absolute atomic E-state index is 15.2. The van der Waals surface area contributed by atoms with Gasteiger partial charge in [-0.3, -0.25) is 4.79 Å². The van der Waals surface area contributed by atoms with E-state index in [0.717, 1.165) is 25.1 Å². The van der Waals surface area contributed by atoms with E-state index < -0.39 is 17.7 Å². The molecule has 2 amide bonds. The second kappa shape index (κ2) is 14.3. The van der Waals surface area contributed by atoms with Crippen LogP contribution in [0.5, 0.6) is 5.75 Å². The average Bonchev–Trinajstić information content (AvgIpc) is 3.70. The molecule has 10 nitrogen and oxygen atoms in total. The number of fused-ring (bicyclic) bond motifs is 2. The van der Waals surface area contributed by atoms with Gasteiger partial charge in [-0.1, -0.05) is 18.7 Å². The third-order valence-corrected chi connectivity index (χ3v) is 8.88. The Morgan fingerprint density at radius 2 is 1.98 bits per heavy atom. The summed E-state index contributed by atoms with van der Waals surface area (Å²) >= 11 is 1.21. The number of thiophene rings is 1. The highest BCUT2D eigenvalue weighted by Gasteiger charge is 2.27. The summed E-state index contributed by atoms with van der Waals surface area (Å²) in [6, 6.07) is 10.1. The van der Waals surface area contributed by atoms with E-state index >= 15 is 4.39 Å². The van der Waals surface area contributed by atoms with Crippen molar-refractivity contribution in [2.45, 2.75) is 25.5 Å².